The van der Waals surface area contributed by atoms with Gasteiger partial charge in [-0.3, -0.25) is 0 Å². The third kappa shape index (κ3) is 2.37. The predicted molar refractivity (Wildman–Crippen MR) is 70.5 cm³/mol. The van der Waals surface area contributed by atoms with E-state index in [1.165, 1.54) is 6.07 Å². The van der Waals surface area contributed by atoms with E-state index in [0.717, 1.165) is 5.75 Å². The number of benzene rings is 1. The first-order valence-electron chi connectivity index (χ1n) is 6.01. The molecule has 1 saturated heterocycles. The van der Waals surface area contributed by atoms with Crippen molar-refractivity contribution >= 4 is 11.8 Å². The zero-order chi connectivity index (χ0) is 13.4. The molecule has 2 heterocycles. The normalized spacial score (nSPS) is 22.9. The van der Waals surface area contributed by atoms with Crippen LogP contribution in [0.15, 0.2) is 22.7 Å². The van der Waals surface area contributed by atoms with E-state index < -0.39 is 6.10 Å². The van der Waals surface area contributed by atoms with Crippen molar-refractivity contribution in [2.75, 3.05) is 11.5 Å². The van der Waals surface area contributed by atoms with Gasteiger partial charge in [-0.15, -0.1) is 0 Å². The summed E-state index contributed by atoms with van der Waals surface area (Å²) in [6.45, 7) is 1.70. The van der Waals surface area contributed by atoms with Crippen molar-refractivity contribution in [2.24, 2.45) is 0 Å². The van der Waals surface area contributed by atoms with E-state index in [1.54, 1.807) is 30.8 Å². The molecule has 4 nitrogen and oxygen atoms in total. The van der Waals surface area contributed by atoms with Gasteiger partial charge in [0, 0.05) is 17.1 Å². The molecule has 0 radical (unpaired) electrons. The van der Waals surface area contributed by atoms with Crippen molar-refractivity contribution in [2.45, 2.75) is 18.9 Å². The average Bonchev–Trinajstić information content (AvgIpc) is 3.01. The van der Waals surface area contributed by atoms with Crippen molar-refractivity contribution in [1.82, 2.24) is 10.1 Å². The average molecular weight is 280 g/mol. The molecule has 1 fully saturated rings. The molecular weight excluding hydrogens is 267 g/mol. The number of rotatable bonds is 2. The number of hydrogen-bond donors (Lipinski definition) is 1. The summed E-state index contributed by atoms with van der Waals surface area (Å²) < 4.78 is 18.7. The van der Waals surface area contributed by atoms with Gasteiger partial charge < -0.3 is 9.63 Å². The molecule has 1 aliphatic rings. The number of aromatic nitrogens is 2. The van der Waals surface area contributed by atoms with Crippen molar-refractivity contribution in [1.29, 1.82) is 0 Å². The summed E-state index contributed by atoms with van der Waals surface area (Å²) in [5.74, 6) is 1.82. The lowest BCUT2D eigenvalue weighted by Gasteiger charge is -2.06. The summed E-state index contributed by atoms with van der Waals surface area (Å²) in [5.41, 5.74) is 1.16. The Morgan fingerprint density at radius 3 is 2.95 bits per heavy atom. The van der Waals surface area contributed by atoms with Crippen LogP contribution in [-0.2, 0) is 0 Å². The van der Waals surface area contributed by atoms with Crippen molar-refractivity contribution in [3.8, 4) is 11.4 Å². The molecule has 3 rings (SSSR count). The van der Waals surface area contributed by atoms with Gasteiger partial charge in [0.25, 0.3) is 0 Å². The SMILES string of the molecule is Cc1ccc(-c2noc(C3CSCC3O)n2)cc1F. The van der Waals surface area contributed by atoms with Crippen LogP contribution in [-0.4, -0.2) is 32.9 Å². The summed E-state index contributed by atoms with van der Waals surface area (Å²) >= 11 is 1.66. The highest BCUT2D eigenvalue weighted by atomic mass is 32.2. The minimum atomic E-state index is -0.451. The Morgan fingerprint density at radius 2 is 2.26 bits per heavy atom. The molecule has 1 N–H and O–H groups in total. The lowest BCUT2D eigenvalue weighted by atomic mass is 10.1. The Hall–Kier alpha value is -1.40. The highest BCUT2D eigenvalue weighted by molar-refractivity contribution is 7.99. The van der Waals surface area contributed by atoms with Gasteiger partial charge in [0.05, 0.1) is 12.0 Å². The van der Waals surface area contributed by atoms with Gasteiger partial charge >= 0.3 is 0 Å². The van der Waals surface area contributed by atoms with Crippen LogP contribution in [0.25, 0.3) is 11.4 Å². The first kappa shape index (κ1) is 12.6. The summed E-state index contributed by atoms with van der Waals surface area (Å²) in [5, 5.41) is 13.7. The van der Waals surface area contributed by atoms with Gasteiger partial charge in [0.15, 0.2) is 0 Å². The molecule has 2 atom stereocenters. The van der Waals surface area contributed by atoms with E-state index in [9.17, 15) is 9.50 Å². The lowest BCUT2D eigenvalue weighted by molar-refractivity contribution is 0.164. The van der Waals surface area contributed by atoms with Crippen LogP contribution in [0.4, 0.5) is 4.39 Å². The van der Waals surface area contributed by atoms with Crippen LogP contribution in [0.2, 0.25) is 0 Å². The molecule has 100 valence electrons. The van der Waals surface area contributed by atoms with Crippen LogP contribution in [0.5, 0.6) is 0 Å². The van der Waals surface area contributed by atoms with Crippen LogP contribution in [0, 0.1) is 12.7 Å². The molecular formula is C13H13FN2O2S. The lowest BCUT2D eigenvalue weighted by Crippen LogP contribution is -2.15. The zero-order valence-electron chi connectivity index (χ0n) is 10.3. The second-order valence-electron chi connectivity index (χ2n) is 4.63. The fourth-order valence-electron chi connectivity index (χ4n) is 2.01. The quantitative estimate of drug-likeness (QED) is 0.915. The molecule has 0 saturated carbocycles. The Bertz CT molecular complexity index is 602. The fraction of sp³-hybridized carbons (Fsp3) is 0.385. The molecule has 1 aliphatic heterocycles. The first-order valence-corrected chi connectivity index (χ1v) is 7.16. The third-order valence-electron chi connectivity index (χ3n) is 3.24. The van der Waals surface area contributed by atoms with Crippen LogP contribution in [0.3, 0.4) is 0 Å². The maximum Gasteiger partial charge on any atom is 0.233 e. The molecule has 2 unspecified atom stereocenters. The minimum Gasteiger partial charge on any atom is -0.391 e. The van der Waals surface area contributed by atoms with Crippen LogP contribution < -0.4 is 0 Å². The smallest absolute Gasteiger partial charge is 0.233 e. The molecule has 1 aromatic carbocycles. The van der Waals surface area contributed by atoms with Gasteiger partial charge in [-0.05, 0) is 18.6 Å². The van der Waals surface area contributed by atoms with Crippen molar-refractivity contribution in [3.63, 3.8) is 0 Å². The van der Waals surface area contributed by atoms with Gasteiger partial charge in [-0.1, -0.05) is 17.3 Å². The summed E-state index contributed by atoms with van der Waals surface area (Å²) in [6.07, 6.45) is -0.451. The second kappa shape index (κ2) is 4.94. The van der Waals surface area contributed by atoms with Crippen molar-refractivity contribution in [3.05, 3.63) is 35.5 Å². The molecule has 0 aliphatic carbocycles. The number of thioether (sulfide) groups is 1. The molecule has 0 bridgehead atoms. The molecule has 2 aromatic rings. The number of aliphatic hydroxyl groups excluding tert-OH is 1. The number of nitrogens with zero attached hydrogens (tertiary/aromatic N) is 2. The predicted octanol–water partition coefficient (Wildman–Crippen LogP) is 2.38. The molecule has 6 heteroatoms. The molecule has 1 aromatic heterocycles. The van der Waals surface area contributed by atoms with E-state index >= 15 is 0 Å². The van der Waals surface area contributed by atoms with Gasteiger partial charge in [0.2, 0.25) is 11.7 Å². The van der Waals surface area contributed by atoms with E-state index in [1.807, 2.05) is 0 Å². The minimum absolute atomic E-state index is 0.124. The molecule has 0 spiro atoms. The zero-order valence-corrected chi connectivity index (χ0v) is 11.2. The number of aryl methyl sites for hydroxylation is 1. The van der Waals surface area contributed by atoms with E-state index in [2.05, 4.69) is 10.1 Å². The summed E-state index contributed by atoms with van der Waals surface area (Å²) in [7, 11) is 0. The highest BCUT2D eigenvalue weighted by Crippen LogP contribution is 2.32. The number of aliphatic hydroxyl groups is 1. The fourth-order valence-corrected chi connectivity index (χ4v) is 3.24. The second-order valence-corrected chi connectivity index (χ2v) is 5.71. The standard InChI is InChI=1S/C13H13FN2O2S/c1-7-2-3-8(4-10(7)14)12-15-13(18-16-12)9-5-19-6-11(9)17/h2-4,9,11,17H,5-6H2,1H3. The highest BCUT2D eigenvalue weighted by Gasteiger charge is 2.32. The Balaban J connectivity index is 1.90. The van der Waals surface area contributed by atoms with E-state index in [4.69, 9.17) is 4.52 Å². The summed E-state index contributed by atoms with van der Waals surface area (Å²) in [6, 6.07) is 4.83. The maximum atomic E-state index is 13.5. The van der Waals surface area contributed by atoms with Crippen molar-refractivity contribution < 1.29 is 14.0 Å². The van der Waals surface area contributed by atoms with Gasteiger partial charge in [-0.25, -0.2) is 4.39 Å². The van der Waals surface area contributed by atoms with E-state index in [-0.39, 0.29) is 11.7 Å². The monoisotopic (exact) mass is 280 g/mol. The van der Waals surface area contributed by atoms with Crippen LogP contribution in [0.1, 0.15) is 17.4 Å². The van der Waals surface area contributed by atoms with Gasteiger partial charge in [-0.2, -0.15) is 16.7 Å². The largest absolute Gasteiger partial charge is 0.391 e. The summed E-state index contributed by atoms with van der Waals surface area (Å²) in [4.78, 5) is 4.27. The first-order chi connectivity index (χ1) is 9.15. The topological polar surface area (TPSA) is 59.2 Å². The Morgan fingerprint density at radius 1 is 1.42 bits per heavy atom. The maximum absolute atomic E-state index is 13.5. The molecule has 0 amide bonds. The number of hydrogen-bond acceptors (Lipinski definition) is 5. The third-order valence-corrected chi connectivity index (χ3v) is 4.41. The Kier molecular flexibility index (Phi) is 3.28. The van der Waals surface area contributed by atoms with Gasteiger partial charge in [0.1, 0.15) is 5.82 Å². The Labute approximate surface area is 114 Å². The van der Waals surface area contributed by atoms with E-state index in [0.29, 0.717) is 28.6 Å². The number of halogens is 1. The molecule has 19 heavy (non-hydrogen) atoms. The van der Waals surface area contributed by atoms with Crippen LogP contribution >= 0.6 is 11.8 Å².